The van der Waals surface area contributed by atoms with Gasteiger partial charge in [-0.25, -0.2) is 4.79 Å². The van der Waals surface area contributed by atoms with Crippen molar-refractivity contribution in [2.24, 2.45) is 0 Å². The van der Waals surface area contributed by atoms with Crippen LogP contribution in [0.3, 0.4) is 0 Å². The minimum atomic E-state index is -0.878. The normalized spacial score (nSPS) is 14.9. The van der Waals surface area contributed by atoms with Crippen molar-refractivity contribution in [2.45, 2.75) is 84.0 Å². The molecule has 2 aromatic carbocycles. The number of amides is 3. The molecule has 2 atom stereocenters. The molecule has 0 aromatic heterocycles. The van der Waals surface area contributed by atoms with E-state index in [2.05, 4.69) is 10.6 Å². The van der Waals surface area contributed by atoms with Crippen LogP contribution in [0.4, 0.5) is 10.5 Å². The summed E-state index contributed by atoms with van der Waals surface area (Å²) in [4.78, 5) is 43.0. The number of alkyl carbamates (subject to hydrolysis) is 1. The Bertz CT molecular complexity index is 1170. The molecule has 1 fully saturated rings. The highest BCUT2D eigenvalue weighted by Gasteiger charge is 2.42. The van der Waals surface area contributed by atoms with Crippen LogP contribution in [-0.4, -0.2) is 59.6 Å². The molecule has 2 N–H and O–H groups in total. The number of carbonyl (C=O) groups is 3. The molecule has 3 rings (SSSR count). The minimum Gasteiger partial charge on any atom is -0.497 e. The van der Waals surface area contributed by atoms with E-state index in [4.69, 9.17) is 9.47 Å². The Balaban J connectivity index is 2.03. The van der Waals surface area contributed by atoms with Gasteiger partial charge in [0.05, 0.1) is 7.11 Å². The van der Waals surface area contributed by atoms with Crippen LogP contribution in [0.2, 0.25) is 0 Å². The Labute approximate surface area is 242 Å². The molecule has 2 unspecified atom stereocenters. The van der Waals surface area contributed by atoms with Crippen molar-refractivity contribution in [2.75, 3.05) is 24.4 Å². The van der Waals surface area contributed by atoms with E-state index in [1.165, 1.54) is 0 Å². The minimum absolute atomic E-state index is 0.115. The van der Waals surface area contributed by atoms with Gasteiger partial charge in [-0.2, -0.15) is 11.8 Å². The number of aryl methyl sites for hydroxylation is 1. The highest BCUT2D eigenvalue weighted by atomic mass is 32.2. The van der Waals surface area contributed by atoms with Crippen molar-refractivity contribution in [1.82, 2.24) is 10.2 Å². The van der Waals surface area contributed by atoms with E-state index < -0.39 is 23.8 Å². The molecule has 0 saturated heterocycles. The summed E-state index contributed by atoms with van der Waals surface area (Å²) in [7, 11) is 1.59. The van der Waals surface area contributed by atoms with Gasteiger partial charge >= 0.3 is 6.09 Å². The van der Waals surface area contributed by atoms with E-state index in [0.29, 0.717) is 23.6 Å². The van der Waals surface area contributed by atoms with Crippen LogP contribution < -0.4 is 15.4 Å². The van der Waals surface area contributed by atoms with Crippen LogP contribution in [0.5, 0.6) is 5.75 Å². The molecule has 9 heteroatoms. The van der Waals surface area contributed by atoms with Crippen molar-refractivity contribution < 1.29 is 23.9 Å². The maximum absolute atomic E-state index is 14.4. The topological polar surface area (TPSA) is 97.0 Å². The molecular weight excluding hydrogens is 526 g/mol. The smallest absolute Gasteiger partial charge is 0.408 e. The molecule has 3 amide bonds. The van der Waals surface area contributed by atoms with Crippen molar-refractivity contribution in [3.8, 4) is 5.75 Å². The third-order valence-electron chi connectivity index (χ3n) is 7.15. The van der Waals surface area contributed by atoms with Gasteiger partial charge in [-0.1, -0.05) is 18.2 Å². The predicted octanol–water partition coefficient (Wildman–Crippen LogP) is 6.02. The number of ether oxygens (including phenoxy) is 2. The maximum atomic E-state index is 14.4. The Kier molecular flexibility index (Phi) is 10.9. The van der Waals surface area contributed by atoms with Gasteiger partial charge in [0.15, 0.2) is 0 Å². The fourth-order valence-electron chi connectivity index (χ4n) is 4.68. The Morgan fingerprint density at radius 2 is 1.75 bits per heavy atom. The zero-order valence-corrected chi connectivity index (χ0v) is 25.5. The van der Waals surface area contributed by atoms with Crippen LogP contribution in [0, 0.1) is 13.8 Å². The number of benzene rings is 2. The molecule has 40 heavy (non-hydrogen) atoms. The number of nitrogens with zero attached hydrogens (tertiary/aromatic N) is 1. The number of methoxy groups -OCH3 is 1. The van der Waals surface area contributed by atoms with Crippen LogP contribution >= 0.6 is 11.8 Å². The van der Waals surface area contributed by atoms with E-state index in [9.17, 15) is 14.4 Å². The van der Waals surface area contributed by atoms with Crippen LogP contribution in [0.1, 0.15) is 69.2 Å². The number of hydrogen-bond acceptors (Lipinski definition) is 6. The lowest BCUT2D eigenvalue weighted by Gasteiger charge is -2.44. The maximum Gasteiger partial charge on any atom is 0.408 e. The summed E-state index contributed by atoms with van der Waals surface area (Å²) >= 11 is 1.60. The second kappa shape index (κ2) is 13.9. The van der Waals surface area contributed by atoms with Gasteiger partial charge in [-0.15, -0.1) is 0 Å². The lowest BCUT2D eigenvalue weighted by Crippen LogP contribution is -2.57. The third kappa shape index (κ3) is 8.16. The number of carbonyl (C=O) groups excluding carboxylic acids is 3. The highest BCUT2D eigenvalue weighted by Crippen LogP contribution is 2.36. The summed E-state index contributed by atoms with van der Waals surface area (Å²) in [5.41, 5.74) is 2.66. The molecule has 1 aliphatic carbocycles. The van der Waals surface area contributed by atoms with Crippen molar-refractivity contribution >= 4 is 35.4 Å². The number of anilines is 1. The summed E-state index contributed by atoms with van der Waals surface area (Å²) in [5.74, 6) is 0.761. The molecule has 0 bridgehead atoms. The SMILES string of the molecule is COc1ccc(NC(=O)C(c2cccc(C)c2C)N(C(=O)C(CCSC)NC(=O)OC(C)(C)C)C2CCC2)cc1. The molecule has 0 spiro atoms. The lowest BCUT2D eigenvalue weighted by atomic mass is 9.86. The fraction of sp³-hybridized carbons (Fsp3) is 0.516. The predicted molar refractivity (Wildman–Crippen MR) is 161 cm³/mol. The lowest BCUT2D eigenvalue weighted by molar-refractivity contribution is -0.145. The van der Waals surface area contributed by atoms with Gasteiger partial charge in [0.1, 0.15) is 23.4 Å². The van der Waals surface area contributed by atoms with Crippen molar-refractivity contribution in [3.63, 3.8) is 0 Å². The zero-order chi connectivity index (χ0) is 29.4. The van der Waals surface area contributed by atoms with Crippen molar-refractivity contribution in [1.29, 1.82) is 0 Å². The second-order valence-corrected chi connectivity index (χ2v) is 12.2. The quantitative estimate of drug-likeness (QED) is 0.344. The Hall–Kier alpha value is -3.20. The second-order valence-electron chi connectivity index (χ2n) is 11.2. The number of nitrogens with one attached hydrogen (secondary N) is 2. The van der Waals surface area contributed by atoms with Gasteiger partial charge in [-0.3, -0.25) is 9.59 Å². The summed E-state index contributed by atoms with van der Waals surface area (Å²) in [5, 5.41) is 5.84. The van der Waals surface area contributed by atoms with E-state index in [1.807, 2.05) is 38.3 Å². The first kappa shape index (κ1) is 31.3. The molecule has 8 nitrogen and oxygen atoms in total. The van der Waals surface area contributed by atoms with Gasteiger partial charge in [-0.05, 0) is 113 Å². The van der Waals surface area contributed by atoms with Gasteiger partial charge in [0, 0.05) is 11.7 Å². The van der Waals surface area contributed by atoms with Crippen molar-refractivity contribution in [3.05, 3.63) is 59.2 Å². The molecule has 0 radical (unpaired) electrons. The first-order valence-corrected chi connectivity index (χ1v) is 15.2. The standard InChI is InChI=1S/C31H43N3O5S/c1-20-10-8-13-25(21(20)2)27(28(35)32-22-14-16-24(38-6)17-15-22)34(23-11-9-12-23)29(36)26(18-19-40-7)33-30(37)39-31(3,4)5/h8,10,13-17,23,26-27H,9,11-12,18-19H2,1-7H3,(H,32,35)(H,33,37). The van der Waals surface area contributed by atoms with Crippen LogP contribution in [-0.2, 0) is 14.3 Å². The Morgan fingerprint density at radius 1 is 1.07 bits per heavy atom. The summed E-state index contributed by atoms with van der Waals surface area (Å²) in [6.45, 7) is 9.33. The number of rotatable bonds is 11. The van der Waals surface area contributed by atoms with E-state index in [1.54, 1.807) is 68.8 Å². The molecular formula is C31H43N3O5S. The average Bonchev–Trinajstić information content (AvgIpc) is 2.86. The monoisotopic (exact) mass is 569 g/mol. The fourth-order valence-corrected chi connectivity index (χ4v) is 5.15. The largest absolute Gasteiger partial charge is 0.497 e. The molecule has 218 valence electrons. The van der Waals surface area contributed by atoms with Gasteiger partial charge in [0.25, 0.3) is 5.91 Å². The summed E-state index contributed by atoms with van der Waals surface area (Å²) < 4.78 is 10.7. The van der Waals surface area contributed by atoms with Crippen LogP contribution in [0.15, 0.2) is 42.5 Å². The summed E-state index contributed by atoms with van der Waals surface area (Å²) in [6, 6.07) is 11.1. The molecule has 0 aliphatic heterocycles. The van der Waals surface area contributed by atoms with Gasteiger partial charge < -0.3 is 25.0 Å². The number of hydrogen-bond donors (Lipinski definition) is 2. The first-order valence-electron chi connectivity index (χ1n) is 13.8. The highest BCUT2D eigenvalue weighted by molar-refractivity contribution is 7.98. The molecule has 2 aromatic rings. The first-order chi connectivity index (χ1) is 18.9. The molecule has 1 saturated carbocycles. The Morgan fingerprint density at radius 3 is 2.30 bits per heavy atom. The average molecular weight is 570 g/mol. The van der Waals surface area contributed by atoms with Crippen LogP contribution in [0.25, 0.3) is 0 Å². The van der Waals surface area contributed by atoms with E-state index >= 15 is 0 Å². The molecule has 1 aliphatic rings. The third-order valence-corrected chi connectivity index (χ3v) is 7.79. The van der Waals surface area contributed by atoms with E-state index in [0.717, 1.165) is 36.0 Å². The van der Waals surface area contributed by atoms with Gasteiger partial charge in [0.2, 0.25) is 5.91 Å². The summed E-state index contributed by atoms with van der Waals surface area (Å²) in [6.07, 6.45) is 4.30. The zero-order valence-electron chi connectivity index (χ0n) is 24.7. The molecule has 0 heterocycles. The number of thioether (sulfide) groups is 1. The van der Waals surface area contributed by atoms with E-state index in [-0.39, 0.29) is 17.9 Å².